The minimum atomic E-state index is -0.895. The fraction of sp³-hybridized carbons (Fsp3) is 0.150. The Morgan fingerprint density at radius 2 is 1.93 bits per heavy atom. The second-order valence-electron chi connectivity index (χ2n) is 5.96. The Balaban J connectivity index is 1.77. The third-order valence-electron chi connectivity index (χ3n) is 4.01. The summed E-state index contributed by atoms with van der Waals surface area (Å²) in [5.41, 5.74) is 2.64. The van der Waals surface area contributed by atoms with Crippen molar-refractivity contribution in [3.63, 3.8) is 0 Å². The molecule has 0 bridgehead atoms. The number of carbonyl (C=O) groups is 2. The number of nitrogens with zero attached hydrogens (tertiary/aromatic N) is 1. The van der Waals surface area contributed by atoms with Crippen molar-refractivity contribution in [1.29, 1.82) is 0 Å². The zero-order chi connectivity index (χ0) is 19.4. The van der Waals surface area contributed by atoms with Gasteiger partial charge in [0.1, 0.15) is 10.1 Å². The molecule has 138 valence electrons. The summed E-state index contributed by atoms with van der Waals surface area (Å²) in [5.74, 6) is -1.39. The van der Waals surface area contributed by atoms with Gasteiger partial charge in [0.15, 0.2) is 0 Å². The van der Waals surface area contributed by atoms with Gasteiger partial charge < -0.3 is 5.11 Å². The highest BCUT2D eigenvalue weighted by molar-refractivity contribution is 8.26. The maximum atomic E-state index is 13.1. The molecule has 1 saturated heterocycles. The van der Waals surface area contributed by atoms with E-state index >= 15 is 0 Å². The number of carbonyl (C=O) groups excluding carboxylic acids is 1. The number of hydrogen-bond acceptors (Lipinski definition) is 4. The molecule has 7 heteroatoms. The number of amides is 1. The lowest BCUT2D eigenvalue weighted by Crippen LogP contribution is -2.29. The molecule has 1 amide bonds. The molecule has 0 unspecified atom stereocenters. The number of thiocarbonyl (C=S) groups is 1. The zero-order valence-corrected chi connectivity index (χ0v) is 15.9. The van der Waals surface area contributed by atoms with Gasteiger partial charge in [0.05, 0.1) is 4.91 Å². The van der Waals surface area contributed by atoms with Crippen LogP contribution in [0.5, 0.6) is 0 Å². The summed E-state index contributed by atoms with van der Waals surface area (Å²) in [6, 6.07) is 13.8. The average Bonchev–Trinajstić information content (AvgIpc) is 2.89. The Bertz CT molecular complexity index is 925. The van der Waals surface area contributed by atoms with Crippen LogP contribution in [0.1, 0.15) is 18.4 Å². The van der Waals surface area contributed by atoms with Crippen LogP contribution in [0, 0.1) is 5.82 Å². The lowest BCUT2D eigenvalue weighted by molar-refractivity contribution is -0.137. The van der Waals surface area contributed by atoms with Gasteiger partial charge in [0, 0.05) is 13.0 Å². The number of rotatable bonds is 6. The minimum absolute atomic E-state index is 0.00414. The van der Waals surface area contributed by atoms with Crippen molar-refractivity contribution in [3.05, 3.63) is 64.8 Å². The van der Waals surface area contributed by atoms with Gasteiger partial charge in [0.2, 0.25) is 0 Å². The van der Waals surface area contributed by atoms with E-state index in [1.807, 2.05) is 24.3 Å². The predicted molar refractivity (Wildman–Crippen MR) is 109 cm³/mol. The maximum absolute atomic E-state index is 13.1. The Morgan fingerprint density at radius 1 is 1.19 bits per heavy atom. The summed E-state index contributed by atoms with van der Waals surface area (Å²) in [4.78, 5) is 25.1. The van der Waals surface area contributed by atoms with Crippen molar-refractivity contribution in [2.45, 2.75) is 12.8 Å². The highest BCUT2D eigenvalue weighted by Crippen LogP contribution is 2.33. The van der Waals surface area contributed by atoms with Gasteiger partial charge >= 0.3 is 5.97 Å². The lowest BCUT2D eigenvalue weighted by Gasteiger charge is -2.13. The van der Waals surface area contributed by atoms with E-state index in [-0.39, 0.29) is 18.1 Å². The lowest BCUT2D eigenvalue weighted by atomic mass is 10.0. The highest BCUT2D eigenvalue weighted by atomic mass is 32.2. The van der Waals surface area contributed by atoms with Crippen molar-refractivity contribution in [2.24, 2.45) is 0 Å². The van der Waals surface area contributed by atoms with E-state index in [9.17, 15) is 14.0 Å². The van der Waals surface area contributed by atoms with Crippen LogP contribution in [-0.4, -0.2) is 32.7 Å². The Hall–Kier alpha value is -2.51. The summed E-state index contributed by atoms with van der Waals surface area (Å²) < 4.78 is 13.5. The number of carboxylic acids is 1. The van der Waals surface area contributed by atoms with Crippen molar-refractivity contribution < 1.29 is 19.1 Å². The van der Waals surface area contributed by atoms with Crippen molar-refractivity contribution in [1.82, 2.24) is 4.90 Å². The minimum Gasteiger partial charge on any atom is -0.481 e. The molecule has 1 aliphatic rings. The monoisotopic (exact) mass is 401 g/mol. The van der Waals surface area contributed by atoms with E-state index in [1.165, 1.54) is 28.8 Å². The quantitative estimate of drug-likeness (QED) is 0.568. The van der Waals surface area contributed by atoms with Crippen LogP contribution in [0.25, 0.3) is 17.2 Å². The molecule has 2 aromatic carbocycles. The molecule has 1 aliphatic heterocycles. The van der Waals surface area contributed by atoms with Crippen molar-refractivity contribution in [2.75, 3.05) is 6.54 Å². The number of aliphatic carboxylic acids is 1. The van der Waals surface area contributed by atoms with Gasteiger partial charge in [-0.05, 0) is 47.4 Å². The molecule has 4 nitrogen and oxygen atoms in total. The number of hydrogen-bond donors (Lipinski definition) is 1. The third kappa shape index (κ3) is 4.81. The summed E-state index contributed by atoms with van der Waals surface area (Å²) in [5, 5.41) is 8.73. The zero-order valence-electron chi connectivity index (χ0n) is 14.2. The molecule has 1 heterocycles. The predicted octanol–water partition coefficient (Wildman–Crippen LogP) is 4.56. The van der Waals surface area contributed by atoms with Crippen LogP contribution in [0.4, 0.5) is 4.39 Å². The fourth-order valence-corrected chi connectivity index (χ4v) is 3.99. The molecule has 3 rings (SSSR count). The SMILES string of the molecule is O=C(O)CCCN1C(=O)/C(=C/c2cccc(-c3ccc(F)cc3)c2)SC1=S. The van der Waals surface area contributed by atoms with E-state index in [2.05, 4.69) is 0 Å². The first-order valence-electron chi connectivity index (χ1n) is 8.27. The topological polar surface area (TPSA) is 57.6 Å². The molecule has 0 aliphatic carbocycles. The first-order chi connectivity index (χ1) is 12.9. The normalized spacial score (nSPS) is 15.6. The molecule has 0 atom stereocenters. The Labute approximate surface area is 165 Å². The van der Waals surface area contributed by atoms with Crippen LogP contribution in [0.15, 0.2) is 53.4 Å². The van der Waals surface area contributed by atoms with Crippen LogP contribution < -0.4 is 0 Å². The van der Waals surface area contributed by atoms with E-state index < -0.39 is 5.97 Å². The molecule has 0 spiro atoms. The molecule has 27 heavy (non-hydrogen) atoms. The van der Waals surface area contributed by atoms with E-state index in [0.29, 0.717) is 22.2 Å². The smallest absolute Gasteiger partial charge is 0.303 e. The number of carboxylic acid groups (broad SMARTS) is 1. The number of halogens is 1. The van der Waals surface area contributed by atoms with Gasteiger partial charge in [-0.25, -0.2) is 4.39 Å². The first kappa shape index (κ1) is 19.3. The summed E-state index contributed by atoms with van der Waals surface area (Å²) >= 11 is 6.46. The number of benzene rings is 2. The van der Waals surface area contributed by atoms with Gasteiger partial charge in [-0.1, -0.05) is 54.3 Å². The van der Waals surface area contributed by atoms with Crippen LogP contribution in [-0.2, 0) is 9.59 Å². The van der Waals surface area contributed by atoms with Crippen molar-refractivity contribution >= 4 is 46.3 Å². The van der Waals surface area contributed by atoms with Crippen LogP contribution in [0.2, 0.25) is 0 Å². The Morgan fingerprint density at radius 3 is 2.63 bits per heavy atom. The van der Waals surface area contributed by atoms with Gasteiger partial charge in [-0.3, -0.25) is 14.5 Å². The molecule has 1 fully saturated rings. The van der Waals surface area contributed by atoms with Crippen molar-refractivity contribution in [3.8, 4) is 11.1 Å². The molecule has 0 radical (unpaired) electrons. The second kappa shape index (κ2) is 8.45. The maximum Gasteiger partial charge on any atom is 0.303 e. The molecule has 0 aromatic heterocycles. The molecule has 0 saturated carbocycles. The van der Waals surface area contributed by atoms with Gasteiger partial charge in [-0.15, -0.1) is 0 Å². The summed E-state index contributed by atoms with van der Waals surface area (Å²) in [7, 11) is 0. The third-order valence-corrected chi connectivity index (χ3v) is 5.39. The molecule has 2 aromatic rings. The van der Waals surface area contributed by atoms with Crippen LogP contribution >= 0.6 is 24.0 Å². The first-order valence-corrected chi connectivity index (χ1v) is 9.50. The number of thioether (sulfide) groups is 1. The second-order valence-corrected chi connectivity index (χ2v) is 7.64. The van der Waals surface area contributed by atoms with E-state index in [1.54, 1.807) is 18.2 Å². The van der Waals surface area contributed by atoms with Gasteiger partial charge in [-0.2, -0.15) is 0 Å². The molecule has 1 N–H and O–H groups in total. The standard InChI is InChI=1S/C20H16FNO3S2/c21-16-8-6-14(7-9-16)15-4-1-3-13(11-15)12-17-19(25)22(20(26)27-17)10-2-5-18(23)24/h1,3-4,6-9,11-12H,2,5,10H2,(H,23,24)/b17-12-. The van der Waals surface area contributed by atoms with E-state index in [0.717, 1.165) is 16.7 Å². The summed E-state index contributed by atoms with van der Waals surface area (Å²) in [6.07, 6.45) is 2.12. The molecular formula is C20H16FNO3S2. The fourth-order valence-electron chi connectivity index (χ4n) is 2.68. The largest absolute Gasteiger partial charge is 0.481 e. The van der Waals surface area contributed by atoms with Crippen LogP contribution in [0.3, 0.4) is 0 Å². The van der Waals surface area contributed by atoms with Gasteiger partial charge in [0.25, 0.3) is 5.91 Å². The summed E-state index contributed by atoms with van der Waals surface area (Å²) in [6.45, 7) is 0.296. The highest BCUT2D eigenvalue weighted by Gasteiger charge is 2.31. The molecular weight excluding hydrogens is 385 g/mol. The average molecular weight is 401 g/mol. The van der Waals surface area contributed by atoms with E-state index in [4.69, 9.17) is 17.3 Å². The Kier molecular flexibility index (Phi) is 6.03.